The second-order valence-corrected chi connectivity index (χ2v) is 12.0. The average molecular weight is 559 g/mol. The summed E-state index contributed by atoms with van der Waals surface area (Å²) in [7, 11) is -11.0. The molecule has 0 saturated carbocycles. The monoisotopic (exact) mass is 558 g/mol. The zero-order chi connectivity index (χ0) is 26.2. The molecule has 2 nitrogen and oxygen atoms in total. The van der Waals surface area contributed by atoms with Gasteiger partial charge in [0.25, 0.3) is 0 Å². The minimum Gasteiger partial charge on any atom is -0.456 e. The van der Waals surface area contributed by atoms with Crippen LogP contribution in [-0.4, -0.2) is 0 Å². The van der Waals surface area contributed by atoms with Crippen molar-refractivity contribution >= 4 is 53.3 Å². The number of rotatable bonds is 3. The van der Waals surface area contributed by atoms with Gasteiger partial charge in [-0.25, -0.2) is 0 Å². The fourth-order valence-electron chi connectivity index (χ4n) is 3.52. The standard InChI is InChI=1S/C25H16O2S2.F6P/c26-24-19-13-7-8-14-20(19)27-21-15-16-22(25(28)23(21)24)29(17-9-3-1-4-10-17)18-11-5-2-6-12-18;1-7(2,3,4,5)6/h1-16H;/q;-1/p+1. The number of hydrogen-bond donors (Lipinski definition) is 1. The molecular weight excluding hydrogens is 541 g/mol. The van der Waals surface area contributed by atoms with Gasteiger partial charge in [-0.1, -0.05) is 48.5 Å². The Morgan fingerprint density at radius 3 is 1.64 bits per heavy atom. The molecule has 0 N–H and O–H groups in total. The van der Waals surface area contributed by atoms with Crippen molar-refractivity contribution in [3.05, 3.63) is 107 Å². The third-order valence-electron chi connectivity index (χ3n) is 4.86. The molecule has 0 aliphatic rings. The Hall–Kier alpha value is -2.94. The fourth-order valence-corrected chi connectivity index (χ4v) is 6.22. The van der Waals surface area contributed by atoms with E-state index in [1.165, 1.54) is 9.79 Å². The van der Waals surface area contributed by atoms with E-state index in [0.29, 0.717) is 26.8 Å². The van der Waals surface area contributed by atoms with E-state index in [0.717, 1.165) is 4.90 Å². The van der Waals surface area contributed by atoms with Crippen LogP contribution < -0.4 is 5.43 Å². The van der Waals surface area contributed by atoms with Gasteiger partial charge in [0, 0.05) is 0 Å². The summed E-state index contributed by atoms with van der Waals surface area (Å²) in [6.07, 6.45) is 0. The van der Waals surface area contributed by atoms with E-state index in [2.05, 4.69) is 24.3 Å². The van der Waals surface area contributed by atoms with Gasteiger partial charge in [0.2, 0.25) is 5.43 Å². The molecule has 0 aliphatic heterocycles. The summed E-state index contributed by atoms with van der Waals surface area (Å²) >= 11 is 4.85. The van der Waals surface area contributed by atoms with Crippen LogP contribution in [0.2, 0.25) is 0 Å². The number of thiol groups is 1. The van der Waals surface area contributed by atoms with E-state index < -0.39 is 7.81 Å². The Kier molecular flexibility index (Phi) is 6.44. The van der Waals surface area contributed by atoms with Crippen molar-refractivity contribution in [2.45, 2.75) is 19.6 Å². The van der Waals surface area contributed by atoms with Crippen LogP contribution in [0.1, 0.15) is 0 Å². The Balaban J connectivity index is 0.000000384. The Labute approximate surface area is 209 Å². The molecule has 0 bridgehead atoms. The summed E-state index contributed by atoms with van der Waals surface area (Å²) in [4.78, 5) is 17.3. The summed E-state index contributed by atoms with van der Waals surface area (Å²) < 4.78 is 65.2. The summed E-state index contributed by atoms with van der Waals surface area (Å²) in [5.74, 6) is 0. The first-order valence-electron chi connectivity index (χ1n) is 10.3. The molecular formula is C25H17F6O2PS2. The normalized spacial score (nSPS) is 13.7. The smallest absolute Gasteiger partial charge is 0.201 e. The third kappa shape index (κ3) is 6.63. The van der Waals surface area contributed by atoms with E-state index in [1.807, 2.05) is 66.7 Å². The molecule has 188 valence electrons. The molecule has 11 heteroatoms. The molecule has 0 fully saturated rings. The van der Waals surface area contributed by atoms with Crippen molar-refractivity contribution in [3.8, 4) is 0 Å². The number of para-hydroxylation sites is 1. The van der Waals surface area contributed by atoms with Crippen molar-refractivity contribution in [3.63, 3.8) is 0 Å². The van der Waals surface area contributed by atoms with Crippen LogP contribution >= 0.6 is 20.4 Å². The summed E-state index contributed by atoms with van der Waals surface area (Å²) in [6, 6.07) is 31.9. The van der Waals surface area contributed by atoms with E-state index in [1.54, 1.807) is 6.07 Å². The molecule has 4 aromatic carbocycles. The zero-order valence-corrected chi connectivity index (χ0v) is 20.7. The minimum atomic E-state index is -10.7. The Morgan fingerprint density at radius 2 is 1.11 bits per heavy atom. The van der Waals surface area contributed by atoms with Gasteiger partial charge in [-0.05, 0) is 48.5 Å². The number of halogens is 6. The van der Waals surface area contributed by atoms with Gasteiger partial charge in [0.1, 0.15) is 22.1 Å². The molecule has 5 rings (SSSR count). The van der Waals surface area contributed by atoms with Crippen LogP contribution in [0.5, 0.6) is 0 Å². The van der Waals surface area contributed by atoms with Crippen LogP contribution in [0, 0.1) is 0 Å². The topological polar surface area (TPSA) is 30.2 Å². The minimum absolute atomic E-state index is 0.0432. The zero-order valence-electron chi connectivity index (χ0n) is 18.1. The van der Waals surface area contributed by atoms with Gasteiger partial charge >= 0.3 is 33.0 Å². The second-order valence-electron chi connectivity index (χ2n) is 7.60. The van der Waals surface area contributed by atoms with E-state index in [-0.39, 0.29) is 16.3 Å². The predicted octanol–water partition coefficient (Wildman–Crippen LogP) is 9.71. The Morgan fingerprint density at radius 1 is 0.639 bits per heavy atom. The first-order chi connectivity index (χ1) is 16.7. The van der Waals surface area contributed by atoms with Crippen LogP contribution in [0.3, 0.4) is 0 Å². The SMILES string of the molecule is F[P-](F)(F)(F)(F)F.O=c1c2ccccc2oc2ccc([S+](c3ccccc3)c3ccccc3)c(S)c12. The maximum atomic E-state index is 13.3. The largest absolute Gasteiger partial charge is 0.456 e. The summed E-state index contributed by atoms with van der Waals surface area (Å²) in [6.45, 7) is 0. The molecule has 0 atom stereocenters. The molecule has 1 aromatic heterocycles. The molecule has 0 spiro atoms. The number of benzene rings is 4. The summed E-state index contributed by atoms with van der Waals surface area (Å²) in [5, 5.41) is 1.11. The number of fused-ring (bicyclic) bond motifs is 2. The third-order valence-corrected chi connectivity index (χ3v) is 7.74. The van der Waals surface area contributed by atoms with Crippen molar-refractivity contribution in [1.82, 2.24) is 0 Å². The van der Waals surface area contributed by atoms with Crippen LogP contribution in [0.4, 0.5) is 25.2 Å². The van der Waals surface area contributed by atoms with Crippen molar-refractivity contribution < 1.29 is 29.6 Å². The van der Waals surface area contributed by atoms with Crippen LogP contribution in [0.15, 0.2) is 126 Å². The molecule has 36 heavy (non-hydrogen) atoms. The van der Waals surface area contributed by atoms with Gasteiger partial charge in [0.15, 0.2) is 14.7 Å². The number of hydrogen-bond acceptors (Lipinski definition) is 3. The molecule has 0 unspecified atom stereocenters. The molecule has 0 saturated heterocycles. The van der Waals surface area contributed by atoms with E-state index >= 15 is 0 Å². The van der Waals surface area contributed by atoms with E-state index in [4.69, 9.17) is 17.0 Å². The molecule has 0 radical (unpaired) electrons. The Bertz CT molecular complexity index is 1560. The molecule has 0 aliphatic carbocycles. The van der Waals surface area contributed by atoms with Crippen LogP contribution in [0.25, 0.3) is 21.9 Å². The summed E-state index contributed by atoms with van der Waals surface area (Å²) in [5.41, 5.74) is 1.11. The van der Waals surface area contributed by atoms with Crippen LogP contribution in [-0.2, 0) is 10.9 Å². The fraction of sp³-hybridized carbons (Fsp3) is 0. The molecule has 1 heterocycles. The maximum absolute atomic E-state index is 13.3. The first-order valence-corrected chi connectivity index (χ1v) is 14.0. The maximum Gasteiger partial charge on any atom is 0.201 e. The van der Waals surface area contributed by atoms with Crippen molar-refractivity contribution in [1.29, 1.82) is 0 Å². The predicted molar refractivity (Wildman–Crippen MR) is 136 cm³/mol. The first kappa shape index (κ1) is 26.1. The van der Waals surface area contributed by atoms with Crippen molar-refractivity contribution in [2.24, 2.45) is 0 Å². The quantitative estimate of drug-likeness (QED) is 0.0786. The molecule has 5 aromatic rings. The van der Waals surface area contributed by atoms with E-state index in [9.17, 15) is 30.0 Å². The van der Waals surface area contributed by atoms with Gasteiger partial charge in [-0.2, -0.15) is 0 Å². The average Bonchev–Trinajstić information content (AvgIpc) is 2.80. The van der Waals surface area contributed by atoms with Gasteiger partial charge < -0.3 is 4.42 Å². The second kappa shape index (κ2) is 8.87. The van der Waals surface area contributed by atoms with Crippen molar-refractivity contribution in [2.75, 3.05) is 0 Å². The molecule has 0 amide bonds. The van der Waals surface area contributed by atoms with Gasteiger partial charge in [-0.3, -0.25) is 4.79 Å². The van der Waals surface area contributed by atoms with Gasteiger partial charge in [0.05, 0.1) is 15.7 Å². The van der Waals surface area contributed by atoms with Gasteiger partial charge in [-0.15, -0.1) is 12.6 Å².